The maximum Gasteiger partial charge on any atom is 0.250 e. The average Bonchev–Trinajstić information content (AvgIpc) is 2.85. The van der Waals surface area contributed by atoms with Crippen LogP contribution in [-0.4, -0.2) is 73.4 Å². The molecule has 33 heavy (non-hydrogen) atoms. The van der Waals surface area contributed by atoms with Crippen molar-refractivity contribution < 1.29 is 4.79 Å². The minimum absolute atomic E-state index is 0.208. The van der Waals surface area contributed by atoms with Crippen molar-refractivity contribution >= 4 is 29.6 Å². The number of guanidine groups is 1. The number of piperidine rings is 1. The molecule has 0 bridgehead atoms. The zero-order chi connectivity index (χ0) is 23.2. The second kappa shape index (κ2) is 10.3. The van der Waals surface area contributed by atoms with Gasteiger partial charge in [0.05, 0.1) is 29.2 Å². The van der Waals surface area contributed by atoms with Crippen molar-refractivity contribution in [1.82, 2.24) is 20.5 Å². The van der Waals surface area contributed by atoms with E-state index in [1.165, 1.54) is 0 Å². The Morgan fingerprint density at radius 1 is 1.27 bits per heavy atom. The van der Waals surface area contributed by atoms with E-state index in [2.05, 4.69) is 36.8 Å². The van der Waals surface area contributed by atoms with Crippen molar-refractivity contribution in [3.8, 4) is 6.07 Å². The summed E-state index contributed by atoms with van der Waals surface area (Å²) >= 11 is 0. The Labute approximate surface area is 193 Å². The zero-order valence-electron chi connectivity index (χ0n) is 18.5. The number of piperazine rings is 1. The highest BCUT2D eigenvalue weighted by Gasteiger charge is 2.31. The van der Waals surface area contributed by atoms with Gasteiger partial charge in [-0.25, -0.2) is 9.98 Å². The lowest BCUT2D eigenvalue weighted by molar-refractivity contribution is -0.114. The van der Waals surface area contributed by atoms with Crippen molar-refractivity contribution in [2.24, 2.45) is 16.6 Å². The molecule has 3 aliphatic heterocycles. The fourth-order valence-corrected chi connectivity index (χ4v) is 4.39. The number of amides is 1. The number of likely N-dealkylation sites (tertiary alicyclic amines) is 1. The van der Waals surface area contributed by atoms with E-state index in [0.717, 1.165) is 64.1 Å². The molecule has 1 aromatic heterocycles. The van der Waals surface area contributed by atoms with Crippen LogP contribution in [0.4, 0.5) is 11.5 Å². The average molecular weight is 451 g/mol. The van der Waals surface area contributed by atoms with Gasteiger partial charge >= 0.3 is 0 Å². The minimum atomic E-state index is -0.737. The largest absolute Gasteiger partial charge is 0.366 e. The highest BCUT2D eigenvalue weighted by Crippen LogP contribution is 2.24. The number of nitrogens with zero attached hydrogens (tertiary/aromatic N) is 5. The maximum atomic E-state index is 12.2. The number of hydrogen-bond donors (Lipinski definition) is 5. The van der Waals surface area contributed by atoms with E-state index < -0.39 is 12.1 Å². The van der Waals surface area contributed by atoms with Crippen LogP contribution in [0.5, 0.6) is 0 Å². The highest BCUT2D eigenvalue weighted by atomic mass is 16.1. The summed E-state index contributed by atoms with van der Waals surface area (Å²) in [5.74, 6) is 1.25. The third-order valence-electron chi connectivity index (χ3n) is 6.26. The van der Waals surface area contributed by atoms with Crippen LogP contribution in [0.2, 0.25) is 0 Å². The first-order valence-corrected chi connectivity index (χ1v) is 11.3. The predicted octanol–water partition coefficient (Wildman–Crippen LogP) is 0.203. The van der Waals surface area contributed by atoms with Gasteiger partial charge in [-0.05, 0) is 30.9 Å². The molecule has 6 N–H and O–H groups in total. The first kappa shape index (κ1) is 22.5. The number of aromatic nitrogens is 1. The lowest BCUT2D eigenvalue weighted by Gasteiger charge is -2.36. The molecule has 3 aliphatic rings. The smallest absolute Gasteiger partial charge is 0.250 e. The van der Waals surface area contributed by atoms with Crippen molar-refractivity contribution in [2.45, 2.75) is 25.4 Å². The van der Waals surface area contributed by atoms with E-state index in [-0.39, 0.29) is 5.57 Å². The van der Waals surface area contributed by atoms with Gasteiger partial charge in [-0.2, -0.15) is 5.26 Å². The van der Waals surface area contributed by atoms with Gasteiger partial charge in [0.15, 0.2) is 6.17 Å². The predicted molar refractivity (Wildman–Crippen MR) is 127 cm³/mol. The van der Waals surface area contributed by atoms with E-state index in [1.807, 2.05) is 12.1 Å². The Kier molecular flexibility index (Phi) is 7.04. The molecular weight excluding hydrogens is 420 g/mol. The molecule has 1 amide bonds. The summed E-state index contributed by atoms with van der Waals surface area (Å²) in [5.41, 5.74) is 6.90. The topological polar surface area (TPSA) is 159 Å². The maximum absolute atomic E-state index is 12.2. The van der Waals surface area contributed by atoms with Crippen LogP contribution in [0, 0.1) is 22.7 Å². The number of carbonyl (C=O) groups excluding carboxylic acids is 1. The summed E-state index contributed by atoms with van der Waals surface area (Å²) in [7, 11) is 0. The third kappa shape index (κ3) is 5.23. The van der Waals surface area contributed by atoms with Gasteiger partial charge in [0.2, 0.25) is 5.96 Å². The molecule has 0 radical (unpaired) electrons. The lowest BCUT2D eigenvalue weighted by atomic mass is 9.94. The Hall–Kier alpha value is -3.65. The molecule has 11 heteroatoms. The van der Waals surface area contributed by atoms with E-state index in [1.54, 1.807) is 6.20 Å². The molecule has 4 rings (SSSR count). The fourth-order valence-electron chi connectivity index (χ4n) is 4.39. The van der Waals surface area contributed by atoms with Gasteiger partial charge in [0.25, 0.3) is 5.91 Å². The van der Waals surface area contributed by atoms with Crippen molar-refractivity contribution in [3.63, 3.8) is 0 Å². The highest BCUT2D eigenvalue weighted by molar-refractivity contribution is 6.04. The first-order valence-electron chi connectivity index (χ1n) is 11.3. The van der Waals surface area contributed by atoms with E-state index in [4.69, 9.17) is 21.4 Å². The number of nitriles is 1. The number of aliphatic imine (C=N–C) groups is 1. The number of rotatable bonds is 6. The molecular formula is C22H30N10O. The summed E-state index contributed by atoms with van der Waals surface area (Å²) in [6.45, 7) is 5.18. The van der Waals surface area contributed by atoms with Crippen LogP contribution in [0.3, 0.4) is 0 Å². The first-order chi connectivity index (χ1) is 16.1. The molecule has 1 unspecified atom stereocenters. The van der Waals surface area contributed by atoms with Crippen LogP contribution in [-0.2, 0) is 4.79 Å². The van der Waals surface area contributed by atoms with Crippen molar-refractivity contribution in [1.29, 1.82) is 10.7 Å². The number of hydrogen-bond acceptors (Lipinski definition) is 10. The van der Waals surface area contributed by atoms with Gasteiger partial charge in [0, 0.05) is 51.9 Å². The zero-order valence-corrected chi connectivity index (χ0v) is 18.5. The summed E-state index contributed by atoms with van der Waals surface area (Å²) in [4.78, 5) is 25.8. The Morgan fingerprint density at radius 3 is 2.64 bits per heavy atom. The summed E-state index contributed by atoms with van der Waals surface area (Å²) in [5, 5.41) is 26.4. The number of nitrogens with two attached hydrogens (primary N) is 1. The fraction of sp³-hybridized carbons (Fsp3) is 0.500. The number of primary amides is 1. The lowest BCUT2D eigenvalue weighted by Crippen LogP contribution is -2.50. The van der Waals surface area contributed by atoms with Gasteiger partial charge in [0.1, 0.15) is 5.82 Å². The molecule has 0 aliphatic carbocycles. The standard InChI is InChI=1S/C22H30N10O/c23-6-3-15-4-9-32(10-5-15)22-29-17(13-24)19(20(25)33)21(30-22)28-16-1-2-18(27-14-16)31-11-7-26-8-12-31/h1-2,13-15,21,24,26,28H,3-5,7-12H2,(H2,25,33)(H,29,30). The molecule has 0 spiro atoms. The number of pyridine rings is 1. The SMILES string of the molecule is N#CCC1CCN(C2=NC(Nc3ccc(N4CCNCC4)nc3)C(C(N)=O)=C(C=N)N2)CC1. The number of anilines is 2. The van der Waals surface area contributed by atoms with Gasteiger partial charge in [-0.3, -0.25) is 4.79 Å². The monoisotopic (exact) mass is 450 g/mol. The molecule has 1 aromatic rings. The van der Waals surface area contributed by atoms with Crippen LogP contribution in [0.15, 0.2) is 34.6 Å². The quantitative estimate of drug-likeness (QED) is 0.385. The van der Waals surface area contributed by atoms with E-state index in [9.17, 15) is 4.79 Å². The molecule has 0 aromatic carbocycles. The molecule has 4 heterocycles. The molecule has 2 saturated heterocycles. The van der Waals surface area contributed by atoms with E-state index in [0.29, 0.717) is 29.7 Å². The summed E-state index contributed by atoms with van der Waals surface area (Å²) in [6, 6.07) is 6.11. The van der Waals surface area contributed by atoms with Gasteiger partial charge < -0.3 is 36.9 Å². The molecule has 0 saturated carbocycles. The van der Waals surface area contributed by atoms with Gasteiger partial charge in [-0.1, -0.05) is 0 Å². The van der Waals surface area contributed by atoms with Crippen LogP contribution >= 0.6 is 0 Å². The number of nitrogens with one attached hydrogen (secondary N) is 4. The van der Waals surface area contributed by atoms with Crippen LogP contribution in [0.25, 0.3) is 0 Å². The number of carbonyl (C=O) groups is 1. The molecule has 11 nitrogen and oxygen atoms in total. The summed E-state index contributed by atoms with van der Waals surface area (Å²) in [6.07, 6.45) is 4.44. The van der Waals surface area contributed by atoms with E-state index >= 15 is 0 Å². The molecule has 1 atom stereocenters. The second-order valence-corrected chi connectivity index (χ2v) is 8.40. The van der Waals surface area contributed by atoms with Crippen LogP contribution in [0.1, 0.15) is 19.3 Å². The van der Waals surface area contributed by atoms with Gasteiger partial charge in [-0.15, -0.1) is 0 Å². The third-order valence-corrected chi connectivity index (χ3v) is 6.26. The van der Waals surface area contributed by atoms with Crippen molar-refractivity contribution in [3.05, 3.63) is 29.6 Å². The second-order valence-electron chi connectivity index (χ2n) is 8.40. The minimum Gasteiger partial charge on any atom is -0.366 e. The summed E-state index contributed by atoms with van der Waals surface area (Å²) < 4.78 is 0. The normalized spacial score (nSPS) is 21.7. The molecule has 174 valence electrons. The van der Waals surface area contributed by atoms with Crippen LogP contribution < -0.4 is 26.6 Å². The van der Waals surface area contributed by atoms with Crippen molar-refractivity contribution in [2.75, 3.05) is 49.5 Å². The Bertz CT molecular complexity index is 966. The molecule has 2 fully saturated rings. The number of allylic oxidation sites excluding steroid dienone is 1. The Balaban J connectivity index is 1.52. The Morgan fingerprint density at radius 2 is 2.03 bits per heavy atom.